The summed E-state index contributed by atoms with van der Waals surface area (Å²) in [6.07, 6.45) is -0.374. The molecule has 0 saturated carbocycles. The molecule has 284 valence electrons. The number of nitrogens with one attached hydrogen (secondary N) is 1. The van der Waals surface area contributed by atoms with Crippen molar-refractivity contribution in [3.05, 3.63) is 40.5 Å². The van der Waals surface area contributed by atoms with Gasteiger partial charge in [0, 0.05) is 52.9 Å². The number of nitriles is 1. The highest BCUT2D eigenvalue weighted by Crippen LogP contribution is 2.49. The van der Waals surface area contributed by atoms with Gasteiger partial charge < -0.3 is 33.9 Å². The molecule has 14 nitrogen and oxygen atoms in total. The number of carbonyl (C=O) groups excluding carboxylic acids is 1. The zero-order valence-corrected chi connectivity index (χ0v) is 31.0. The summed E-state index contributed by atoms with van der Waals surface area (Å²) in [4.78, 5) is 39.8. The molecule has 2 aromatic heterocycles. The number of carboxylic acid groups (broad SMARTS) is 1. The van der Waals surface area contributed by atoms with Crippen molar-refractivity contribution in [2.24, 2.45) is 0 Å². The standard InChI is InChI=1S/C37H39F2N7O7S/c1-37(2,3)53-35(47)43-33-21(11-40)26-25(54-33)8-7-24(38)29(26)27-22-16-51-17-23(22)28-31(30(27)39)41-34(52-15-20-14-50-10-9-44(20)4)42-32(28)46-18-5-6-19(46)13-45(12-18)36(48)49/h7-8,18-20H,5-6,9-10,12-17H2,1-4H3,(H,43,47)(H,48,49)/t18?,19?,20-/m0/s1. The van der Waals surface area contributed by atoms with E-state index in [1.807, 2.05) is 7.05 Å². The number of aromatic nitrogens is 2. The van der Waals surface area contributed by atoms with Gasteiger partial charge in [-0.1, -0.05) is 0 Å². The molecular weight excluding hydrogens is 725 g/mol. The van der Waals surface area contributed by atoms with Gasteiger partial charge in [0.15, 0.2) is 5.82 Å². The Balaban J connectivity index is 1.32. The molecule has 0 spiro atoms. The van der Waals surface area contributed by atoms with Crippen LogP contribution in [0.5, 0.6) is 6.01 Å². The maximum atomic E-state index is 17.6. The van der Waals surface area contributed by atoms with Gasteiger partial charge in [-0.3, -0.25) is 10.2 Å². The Labute approximate surface area is 313 Å². The van der Waals surface area contributed by atoms with E-state index in [0.29, 0.717) is 59.6 Å². The molecule has 3 saturated heterocycles. The zero-order chi connectivity index (χ0) is 38.1. The SMILES string of the molecule is CN1CCOC[C@H]1COc1nc(N2C3CCC2CN(C(=O)O)C3)c2c3c(c(-c4c(F)ccc5sc(NC(=O)OC(C)(C)C)c(C#N)c45)c(F)c2n1)COC3. The normalized spacial score (nSPS) is 21.4. The Hall–Kier alpha value is -4.89. The lowest BCUT2D eigenvalue weighted by atomic mass is 9.90. The molecule has 0 radical (unpaired) electrons. The highest BCUT2D eigenvalue weighted by molar-refractivity contribution is 7.23. The van der Waals surface area contributed by atoms with Crippen molar-refractivity contribution in [2.45, 2.75) is 70.6 Å². The van der Waals surface area contributed by atoms with E-state index in [2.05, 4.69) is 26.2 Å². The molecule has 6 heterocycles. The third-order valence-electron chi connectivity index (χ3n) is 10.5. The molecule has 4 aromatic rings. The number of anilines is 2. The average Bonchev–Trinajstić information content (AvgIpc) is 3.80. The second kappa shape index (κ2) is 13.8. The predicted octanol–water partition coefficient (Wildman–Crippen LogP) is 6.08. The summed E-state index contributed by atoms with van der Waals surface area (Å²) in [5.41, 5.74) is -0.267. The number of likely N-dealkylation sites (tertiary alicyclic amines) is 1. The van der Waals surface area contributed by atoms with E-state index in [1.54, 1.807) is 20.8 Å². The lowest BCUT2D eigenvalue weighted by Crippen LogP contribution is -2.55. The number of hydrogen-bond donors (Lipinski definition) is 2. The third kappa shape index (κ3) is 6.30. The van der Waals surface area contributed by atoms with Crippen LogP contribution in [0.2, 0.25) is 0 Å². The molecule has 54 heavy (non-hydrogen) atoms. The molecule has 2 N–H and O–H groups in total. The molecular formula is C37H39F2N7O7S. The van der Waals surface area contributed by atoms with E-state index in [0.717, 1.165) is 11.3 Å². The van der Waals surface area contributed by atoms with Crippen LogP contribution >= 0.6 is 11.3 Å². The summed E-state index contributed by atoms with van der Waals surface area (Å²) >= 11 is 1.05. The number of morpholine rings is 1. The van der Waals surface area contributed by atoms with Gasteiger partial charge in [-0.25, -0.2) is 18.4 Å². The summed E-state index contributed by atoms with van der Waals surface area (Å²) in [5, 5.41) is 23.5. The molecule has 4 aliphatic heterocycles. The van der Waals surface area contributed by atoms with Gasteiger partial charge in [0.05, 0.1) is 43.4 Å². The van der Waals surface area contributed by atoms with Crippen molar-refractivity contribution in [3.63, 3.8) is 0 Å². The minimum absolute atomic E-state index is 0.0402. The van der Waals surface area contributed by atoms with E-state index in [1.165, 1.54) is 17.0 Å². The van der Waals surface area contributed by atoms with Crippen LogP contribution in [-0.2, 0) is 27.4 Å². The Bertz CT molecular complexity index is 2220. The van der Waals surface area contributed by atoms with Gasteiger partial charge >= 0.3 is 18.2 Å². The molecule has 0 aliphatic carbocycles. The van der Waals surface area contributed by atoms with Gasteiger partial charge in [-0.15, -0.1) is 11.3 Å². The van der Waals surface area contributed by atoms with Crippen LogP contribution in [0.25, 0.3) is 32.1 Å². The first kappa shape index (κ1) is 36.1. The van der Waals surface area contributed by atoms with Crippen LogP contribution in [0.15, 0.2) is 12.1 Å². The molecule has 3 atom stereocenters. The Morgan fingerprint density at radius 1 is 1.09 bits per heavy atom. The summed E-state index contributed by atoms with van der Waals surface area (Å²) in [5.74, 6) is -1.22. The fourth-order valence-corrected chi connectivity index (χ4v) is 9.04. The van der Waals surface area contributed by atoms with Gasteiger partial charge in [-0.05, 0) is 63.9 Å². The van der Waals surface area contributed by atoms with E-state index >= 15 is 8.78 Å². The van der Waals surface area contributed by atoms with Gasteiger partial charge in [0.1, 0.15) is 40.4 Å². The smallest absolute Gasteiger partial charge is 0.412 e. The number of amides is 2. The average molecular weight is 764 g/mol. The molecule has 2 aromatic carbocycles. The number of rotatable bonds is 6. The summed E-state index contributed by atoms with van der Waals surface area (Å²) < 4.78 is 57.6. The van der Waals surface area contributed by atoms with Gasteiger partial charge in [0.25, 0.3) is 0 Å². The molecule has 2 unspecified atom stereocenters. The van der Waals surface area contributed by atoms with Crippen LogP contribution in [0.4, 0.5) is 29.2 Å². The summed E-state index contributed by atoms with van der Waals surface area (Å²) in [6.45, 7) is 7.51. The number of hydrogen-bond acceptors (Lipinski definition) is 12. The predicted molar refractivity (Wildman–Crippen MR) is 195 cm³/mol. The van der Waals surface area contributed by atoms with Crippen molar-refractivity contribution >= 4 is 55.3 Å². The second-order valence-corrected chi connectivity index (χ2v) is 16.1. The van der Waals surface area contributed by atoms with Crippen LogP contribution in [0.1, 0.15) is 50.3 Å². The van der Waals surface area contributed by atoms with E-state index in [4.69, 9.17) is 23.9 Å². The number of likely N-dealkylation sites (N-methyl/N-ethyl adjacent to an activating group) is 1. The van der Waals surface area contributed by atoms with Gasteiger partial charge in [-0.2, -0.15) is 15.2 Å². The van der Waals surface area contributed by atoms with E-state index in [9.17, 15) is 20.0 Å². The third-order valence-corrected chi connectivity index (χ3v) is 11.5. The largest absolute Gasteiger partial charge is 0.465 e. The number of fused-ring (bicyclic) bond motifs is 6. The fourth-order valence-electron chi connectivity index (χ4n) is 7.99. The van der Waals surface area contributed by atoms with E-state index < -0.39 is 29.4 Å². The molecule has 8 rings (SSSR count). The maximum Gasteiger partial charge on any atom is 0.412 e. The topological polar surface area (TPSA) is 163 Å². The molecule has 2 bridgehead atoms. The first-order chi connectivity index (χ1) is 25.8. The summed E-state index contributed by atoms with van der Waals surface area (Å²) in [6, 6.07) is 4.14. The Morgan fingerprint density at radius 2 is 1.83 bits per heavy atom. The lowest BCUT2D eigenvalue weighted by Gasteiger charge is -2.41. The monoisotopic (exact) mass is 763 g/mol. The highest BCUT2D eigenvalue weighted by Gasteiger charge is 2.44. The minimum Gasteiger partial charge on any atom is -0.465 e. The number of ether oxygens (including phenoxy) is 4. The van der Waals surface area contributed by atoms with Crippen LogP contribution in [0.3, 0.4) is 0 Å². The van der Waals surface area contributed by atoms with E-state index in [-0.39, 0.29) is 89.6 Å². The number of carbonyl (C=O) groups is 2. The van der Waals surface area contributed by atoms with Crippen molar-refractivity contribution in [3.8, 4) is 23.2 Å². The number of thiophene rings is 1. The van der Waals surface area contributed by atoms with Crippen LogP contribution in [-0.4, -0.2) is 107 Å². The first-order valence-corrected chi connectivity index (χ1v) is 18.6. The second-order valence-electron chi connectivity index (χ2n) is 15.0. The number of halogens is 2. The van der Waals surface area contributed by atoms with Crippen molar-refractivity contribution in [1.29, 1.82) is 5.26 Å². The summed E-state index contributed by atoms with van der Waals surface area (Å²) in [7, 11) is 1.96. The first-order valence-electron chi connectivity index (χ1n) is 17.8. The van der Waals surface area contributed by atoms with Crippen molar-refractivity contribution < 1.29 is 42.4 Å². The number of nitrogens with zero attached hydrogens (tertiary/aromatic N) is 6. The van der Waals surface area contributed by atoms with Crippen molar-refractivity contribution in [2.75, 3.05) is 56.7 Å². The minimum atomic E-state index is -1.00. The number of piperazine rings is 1. The molecule has 17 heteroatoms. The highest BCUT2D eigenvalue weighted by atomic mass is 32.1. The Morgan fingerprint density at radius 3 is 2.52 bits per heavy atom. The zero-order valence-electron chi connectivity index (χ0n) is 30.2. The molecule has 4 aliphatic rings. The van der Waals surface area contributed by atoms with Crippen molar-refractivity contribution in [1.82, 2.24) is 19.8 Å². The molecule has 3 fully saturated rings. The quantitative estimate of drug-likeness (QED) is 0.233. The number of benzene rings is 2. The lowest BCUT2D eigenvalue weighted by molar-refractivity contribution is -0.0119. The Kier molecular flexibility index (Phi) is 9.20. The van der Waals surface area contributed by atoms with Gasteiger partial charge in [0.2, 0.25) is 0 Å². The van der Waals surface area contributed by atoms with Crippen LogP contribution in [0, 0.1) is 23.0 Å². The molecule has 2 amide bonds. The fraction of sp³-hybridized carbons (Fsp3) is 0.486. The maximum absolute atomic E-state index is 17.6. The van der Waals surface area contributed by atoms with Crippen LogP contribution < -0.4 is 15.0 Å².